The van der Waals surface area contributed by atoms with E-state index in [2.05, 4.69) is 72.2 Å². The maximum atomic E-state index is 10.6. The lowest BCUT2D eigenvalue weighted by atomic mass is 10.2. The van der Waals surface area contributed by atoms with E-state index in [9.17, 15) is 5.11 Å². The minimum Gasteiger partial charge on any atom is -0.390 e. The summed E-state index contributed by atoms with van der Waals surface area (Å²) >= 11 is 1.80. The first kappa shape index (κ1) is 16.4. The van der Waals surface area contributed by atoms with Crippen molar-refractivity contribution in [2.24, 2.45) is 0 Å². The molecule has 1 heterocycles. The molecule has 1 N–H and O–H groups in total. The van der Waals surface area contributed by atoms with Crippen molar-refractivity contribution in [2.45, 2.75) is 29.7 Å². The van der Waals surface area contributed by atoms with E-state index in [0.717, 1.165) is 13.1 Å². The van der Waals surface area contributed by atoms with E-state index in [-0.39, 0.29) is 6.10 Å². The molecule has 122 valence electrons. The van der Waals surface area contributed by atoms with Crippen LogP contribution in [0.3, 0.4) is 0 Å². The Labute approximate surface area is 142 Å². The van der Waals surface area contributed by atoms with Crippen LogP contribution in [0.15, 0.2) is 58.3 Å². The summed E-state index contributed by atoms with van der Waals surface area (Å²) in [5, 5.41) is 10.6. The average Bonchev–Trinajstić information content (AvgIpc) is 2.59. The fraction of sp³-hybridized carbons (Fsp3) is 0.368. The lowest BCUT2D eigenvalue weighted by Crippen LogP contribution is -2.39. The van der Waals surface area contributed by atoms with Gasteiger partial charge in [0.15, 0.2) is 0 Å². The van der Waals surface area contributed by atoms with Gasteiger partial charge in [-0.1, -0.05) is 49.9 Å². The summed E-state index contributed by atoms with van der Waals surface area (Å²) in [4.78, 5) is 7.03. The van der Waals surface area contributed by atoms with E-state index in [1.165, 1.54) is 21.2 Å². The molecule has 4 heteroatoms. The van der Waals surface area contributed by atoms with Gasteiger partial charge in [0.05, 0.1) is 24.0 Å². The van der Waals surface area contributed by atoms with Gasteiger partial charge in [0, 0.05) is 16.3 Å². The lowest BCUT2D eigenvalue weighted by molar-refractivity contribution is 0.124. The molecule has 3 nitrogen and oxygen atoms in total. The highest BCUT2D eigenvalue weighted by atomic mass is 32.2. The number of rotatable bonds is 6. The molecule has 1 aliphatic rings. The zero-order valence-electron chi connectivity index (χ0n) is 13.8. The van der Waals surface area contributed by atoms with Gasteiger partial charge in [-0.25, -0.2) is 0 Å². The molecule has 0 bridgehead atoms. The predicted octanol–water partition coefficient (Wildman–Crippen LogP) is 3.99. The number of fused-ring (bicyclic) bond motifs is 2. The minimum atomic E-state index is -0.376. The van der Waals surface area contributed by atoms with Crippen LogP contribution < -0.4 is 4.90 Å². The van der Waals surface area contributed by atoms with Crippen LogP contribution in [-0.4, -0.2) is 42.3 Å². The Hall–Kier alpha value is -1.49. The van der Waals surface area contributed by atoms with Gasteiger partial charge in [0.1, 0.15) is 0 Å². The van der Waals surface area contributed by atoms with Crippen molar-refractivity contribution < 1.29 is 5.11 Å². The highest BCUT2D eigenvalue weighted by Gasteiger charge is 2.25. The molecule has 0 radical (unpaired) electrons. The number of benzene rings is 2. The van der Waals surface area contributed by atoms with Crippen LogP contribution in [0.4, 0.5) is 11.4 Å². The number of aliphatic hydroxyl groups is 1. The van der Waals surface area contributed by atoms with Crippen molar-refractivity contribution in [1.82, 2.24) is 4.90 Å². The molecule has 0 fully saturated rings. The zero-order valence-corrected chi connectivity index (χ0v) is 14.6. The van der Waals surface area contributed by atoms with Gasteiger partial charge in [-0.05, 0) is 37.4 Å². The van der Waals surface area contributed by atoms with Gasteiger partial charge in [0.25, 0.3) is 0 Å². The first-order valence-corrected chi connectivity index (χ1v) is 9.08. The van der Waals surface area contributed by atoms with Crippen molar-refractivity contribution in [3.8, 4) is 0 Å². The molecule has 0 aromatic heterocycles. The van der Waals surface area contributed by atoms with Crippen molar-refractivity contribution in [1.29, 1.82) is 0 Å². The highest BCUT2D eigenvalue weighted by molar-refractivity contribution is 7.99. The van der Waals surface area contributed by atoms with Crippen LogP contribution in [0.5, 0.6) is 0 Å². The topological polar surface area (TPSA) is 26.7 Å². The average molecular weight is 328 g/mol. The van der Waals surface area contributed by atoms with Gasteiger partial charge >= 0.3 is 0 Å². The monoisotopic (exact) mass is 328 g/mol. The number of hydrogen-bond acceptors (Lipinski definition) is 4. The molecule has 23 heavy (non-hydrogen) atoms. The Morgan fingerprint density at radius 2 is 1.48 bits per heavy atom. The standard InChI is InChI=1S/C19H24N2OS/c1-3-20(4-2)13-15(22)14-21-16-9-5-7-11-18(16)23-19-12-8-6-10-17(19)21/h5-12,15,22H,3-4,13-14H2,1-2H3/t15-/m1/s1. The Morgan fingerprint density at radius 1 is 0.957 bits per heavy atom. The first-order chi connectivity index (χ1) is 11.2. The number of likely N-dealkylation sites (N-methyl/N-ethyl adjacent to an activating group) is 1. The normalized spacial score (nSPS) is 14.5. The molecule has 0 aliphatic carbocycles. The third kappa shape index (κ3) is 3.55. The van der Waals surface area contributed by atoms with Crippen LogP contribution in [0.2, 0.25) is 0 Å². The van der Waals surface area contributed by atoms with Crippen molar-refractivity contribution in [3.05, 3.63) is 48.5 Å². The van der Waals surface area contributed by atoms with Gasteiger partial charge in [-0.3, -0.25) is 0 Å². The Kier molecular flexibility index (Phi) is 5.26. The van der Waals surface area contributed by atoms with Crippen LogP contribution in [0.1, 0.15) is 13.8 Å². The second-order valence-corrected chi connectivity index (χ2v) is 6.87. The van der Waals surface area contributed by atoms with Crippen LogP contribution in [-0.2, 0) is 0 Å². The lowest BCUT2D eigenvalue weighted by Gasteiger charge is -2.35. The summed E-state index contributed by atoms with van der Waals surface area (Å²) in [6.45, 7) is 7.54. The van der Waals surface area contributed by atoms with E-state index in [4.69, 9.17) is 0 Å². The molecule has 0 amide bonds. The third-order valence-electron chi connectivity index (χ3n) is 4.29. The quantitative estimate of drug-likeness (QED) is 0.867. The van der Waals surface area contributed by atoms with Gasteiger partial charge in [0.2, 0.25) is 0 Å². The van der Waals surface area contributed by atoms with E-state index in [0.29, 0.717) is 13.1 Å². The Balaban J connectivity index is 1.86. The number of β-amino-alcohol motifs (C(OH)–C–C–N with tert-alkyl or cyclic N) is 1. The fourth-order valence-corrected chi connectivity index (χ4v) is 4.12. The number of hydrogen-bond donors (Lipinski definition) is 1. The van der Waals surface area contributed by atoms with E-state index >= 15 is 0 Å². The smallest absolute Gasteiger partial charge is 0.0845 e. The van der Waals surface area contributed by atoms with Crippen molar-refractivity contribution >= 4 is 23.1 Å². The number of aliphatic hydroxyl groups excluding tert-OH is 1. The summed E-state index contributed by atoms with van der Waals surface area (Å²) in [7, 11) is 0. The van der Waals surface area contributed by atoms with E-state index < -0.39 is 0 Å². The van der Waals surface area contributed by atoms with Crippen molar-refractivity contribution in [3.63, 3.8) is 0 Å². The second-order valence-electron chi connectivity index (χ2n) is 5.79. The molecule has 0 spiro atoms. The first-order valence-electron chi connectivity index (χ1n) is 8.26. The maximum Gasteiger partial charge on any atom is 0.0845 e. The minimum absolute atomic E-state index is 0.376. The molecule has 2 aromatic rings. The van der Waals surface area contributed by atoms with Crippen molar-refractivity contribution in [2.75, 3.05) is 31.1 Å². The Morgan fingerprint density at radius 3 is 2.00 bits per heavy atom. The fourth-order valence-electron chi connectivity index (χ4n) is 3.03. The summed E-state index contributed by atoms with van der Waals surface area (Å²) in [6, 6.07) is 16.9. The molecule has 0 saturated heterocycles. The summed E-state index contributed by atoms with van der Waals surface area (Å²) in [5.41, 5.74) is 2.38. The zero-order chi connectivity index (χ0) is 16.2. The van der Waals surface area contributed by atoms with Gasteiger partial charge in [-0.15, -0.1) is 0 Å². The number of nitrogens with zero attached hydrogens (tertiary/aromatic N) is 2. The summed E-state index contributed by atoms with van der Waals surface area (Å²) in [5.74, 6) is 0. The summed E-state index contributed by atoms with van der Waals surface area (Å²) in [6.07, 6.45) is -0.376. The molecule has 1 aliphatic heterocycles. The van der Waals surface area contributed by atoms with Crippen LogP contribution >= 0.6 is 11.8 Å². The molecule has 3 rings (SSSR count). The molecule has 0 saturated carbocycles. The third-order valence-corrected chi connectivity index (χ3v) is 5.42. The van der Waals surface area contributed by atoms with E-state index in [1.807, 2.05) is 0 Å². The molecule has 0 unspecified atom stereocenters. The summed E-state index contributed by atoms with van der Waals surface area (Å²) < 4.78 is 0. The van der Waals surface area contributed by atoms with Crippen LogP contribution in [0.25, 0.3) is 0 Å². The SMILES string of the molecule is CCN(CC)C[C@@H](O)CN1c2ccccc2Sc2ccccc21. The second kappa shape index (κ2) is 7.39. The molecule has 2 aromatic carbocycles. The van der Waals surface area contributed by atoms with Gasteiger partial charge in [-0.2, -0.15) is 0 Å². The van der Waals surface area contributed by atoms with E-state index in [1.54, 1.807) is 11.8 Å². The molecular formula is C19H24N2OS. The molecule has 1 atom stereocenters. The number of anilines is 2. The van der Waals surface area contributed by atoms with Crippen LogP contribution in [0, 0.1) is 0 Å². The van der Waals surface area contributed by atoms with Gasteiger partial charge < -0.3 is 14.9 Å². The largest absolute Gasteiger partial charge is 0.390 e. The Bertz CT molecular complexity index is 612. The molecular weight excluding hydrogens is 304 g/mol. The highest BCUT2D eigenvalue weighted by Crippen LogP contribution is 2.47. The maximum absolute atomic E-state index is 10.6. The number of para-hydroxylation sites is 2. The predicted molar refractivity (Wildman–Crippen MR) is 97.8 cm³/mol.